The topological polar surface area (TPSA) is 113 Å². The van der Waals surface area contributed by atoms with Crippen molar-refractivity contribution in [3.8, 4) is 6.07 Å². The second-order valence-corrected chi connectivity index (χ2v) is 6.78. The molecule has 0 radical (unpaired) electrons. The van der Waals surface area contributed by atoms with Crippen molar-refractivity contribution < 1.29 is 23.9 Å². The molecule has 3 aromatic rings. The Hall–Kier alpha value is -4.57. The second-order valence-electron chi connectivity index (χ2n) is 6.78. The molecule has 31 heavy (non-hydrogen) atoms. The van der Waals surface area contributed by atoms with Crippen molar-refractivity contribution >= 4 is 29.1 Å². The predicted molar refractivity (Wildman–Crippen MR) is 110 cm³/mol. The standard InChI is InChI=1S/C24H14N2O5/c25-12-14-4-3-5-15(10-14)24(30)31-13-21(27)26-16-8-9-19-20(11-16)23(29)18-7-2-1-6-17(18)22(19)28/h1-11H,13H2,(H,26,27). The van der Waals surface area contributed by atoms with Crippen molar-refractivity contribution in [3.63, 3.8) is 0 Å². The van der Waals surface area contributed by atoms with E-state index in [0.717, 1.165) is 0 Å². The summed E-state index contributed by atoms with van der Waals surface area (Å²) in [7, 11) is 0. The molecule has 0 spiro atoms. The number of carbonyl (C=O) groups is 4. The number of anilines is 1. The van der Waals surface area contributed by atoms with E-state index in [1.807, 2.05) is 6.07 Å². The predicted octanol–water partition coefficient (Wildman–Crippen LogP) is 3.13. The number of fused-ring (bicyclic) bond motifs is 2. The highest BCUT2D eigenvalue weighted by Crippen LogP contribution is 2.29. The number of nitriles is 1. The van der Waals surface area contributed by atoms with Crippen LogP contribution in [-0.2, 0) is 9.53 Å². The van der Waals surface area contributed by atoms with E-state index >= 15 is 0 Å². The van der Waals surface area contributed by atoms with Crippen LogP contribution in [0.1, 0.15) is 47.8 Å². The summed E-state index contributed by atoms with van der Waals surface area (Å²) >= 11 is 0. The van der Waals surface area contributed by atoms with Crippen molar-refractivity contribution in [2.75, 3.05) is 11.9 Å². The highest BCUT2D eigenvalue weighted by Gasteiger charge is 2.29. The van der Waals surface area contributed by atoms with Crippen LogP contribution in [0.2, 0.25) is 0 Å². The molecule has 3 aromatic carbocycles. The largest absolute Gasteiger partial charge is 0.452 e. The molecule has 0 fully saturated rings. The first kappa shape index (κ1) is 19.7. The molecule has 1 aliphatic rings. The van der Waals surface area contributed by atoms with E-state index in [9.17, 15) is 19.2 Å². The molecule has 150 valence electrons. The summed E-state index contributed by atoms with van der Waals surface area (Å²) in [6.07, 6.45) is 0. The van der Waals surface area contributed by atoms with Crippen LogP contribution in [-0.4, -0.2) is 30.0 Å². The van der Waals surface area contributed by atoms with Crippen molar-refractivity contribution in [2.24, 2.45) is 0 Å². The third kappa shape index (κ3) is 3.82. The normalized spacial score (nSPS) is 11.7. The summed E-state index contributed by atoms with van der Waals surface area (Å²) < 4.78 is 4.98. The Labute approximate surface area is 176 Å². The Balaban J connectivity index is 1.45. The molecule has 4 rings (SSSR count). The molecule has 1 aliphatic carbocycles. The maximum atomic E-state index is 12.8. The smallest absolute Gasteiger partial charge is 0.338 e. The monoisotopic (exact) mass is 410 g/mol. The molecule has 0 aromatic heterocycles. The van der Waals surface area contributed by atoms with Gasteiger partial charge in [-0.15, -0.1) is 0 Å². The lowest BCUT2D eigenvalue weighted by atomic mass is 9.84. The molecular formula is C24H14N2O5. The van der Waals surface area contributed by atoms with E-state index in [4.69, 9.17) is 10.00 Å². The van der Waals surface area contributed by atoms with E-state index in [1.165, 1.54) is 30.3 Å². The number of rotatable bonds is 4. The number of nitrogens with zero attached hydrogens (tertiary/aromatic N) is 1. The van der Waals surface area contributed by atoms with Crippen LogP contribution in [0.25, 0.3) is 0 Å². The lowest BCUT2D eigenvalue weighted by Crippen LogP contribution is -2.23. The number of amides is 1. The Bertz CT molecular complexity index is 1300. The number of ketones is 2. The van der Waals surface area contributed by atoms with E-state index in [1.54, 1.807) is 36.4 Å². The van der Waals surface area contributed by atoms with Crippen molar-refractivity contribution in [2.45, 2.75) is 0 Å². The van der Waals surface area contributed by atoms with Gasteiger partial charge in [-0.3, -0.25) is 14.4 Å². The SMILES string of the molecule is N#Cc1cccc(C(=O)OCC(=O)Nc2ccc3c(c2)C(=O)c2ccccc2C3=O)c1. The van der Waals surface area contributed by atoms with Gasteiger partial charge in [0.1, 0.15) is 0 Å². The Morgan fingerprint density at radius 3 is 2.23 bits per heavy atom. The maximum absolute atomic E-state index is 12.8. The van der Waals surface area contributed by atoms with E-state index in [-0.39, 0.29) is 28.3 Å². The van der Waals surface area contributed by atoms with Crippen LogP contribution in [0, 0.1) is 11.3 Å². The van der Waals surface area contributed by atoms with Gasteiger partial charge in [0.25, 0.3) is 5.91 Å². The molecule has 0 aliphatic heterocycles. The third-order valence-electron chi connectivity index (χ3n) is 4.77. The summed E-state index contributed by atoms with van der Waals surface area (Å²) in [5, 5.41) is 11.4. The van der Waals surface area contributed by atoms with Gasteiger partial charge in [-0.25, -0.2) is 4.79 Å². The average Bonchev–Trinajstić information content (AvgIpc) is 2.81. The minimum absolute atomic E-state index is 0.156. The summed E-state index contributed by atoms with van der Waals surface area (Å²) in [6, 6.07) is 18.8. The number of hydrogen-bond acceptors (Lipinski definition) is 6. The molecule has 0 saturated heterocycles. The summed E-state index contributed by atoms with van der Waals surface area (Å²) in [5.74, 6) is -1.91. The fraction of sp³-hybridized carbons (Fsp3) is 0.0417. The highest BCUT2D eigenvalue weighted by atomic mass is 16.5. The fourth-order valence-corrected chi connectivity index (χ4v) is 3.30. The first-order valence-corrected chi connectivity index (χ1v) is 9.27. The maximum Gasteiger partial charge on any atom is 0.338 e. The molecule has 7 heteroatoms. The van der Waals surface area contributed by atoms with Crippen molar-refractivity contribution in [1.29, 1.82) is 5.26 Å². The van der Waals surface area contributed by atoms with Gasteiger partial charge in [-0.05, 0) is 36.4 Å². The molecular weight excluding hydrogens is 396 g/mol. The first-order chi connectivity index (χ1) is 15.0. The third-order valence-corrected chi connectivity index (χ3v) is 4.77. The number of ether oxygens (including phenoxy) is 1. The van der Waals surface area contributed by atoms with E-state index in [0.29, 0.717) is 22.4 Å². The Kier molecular flexibility index (Phi) is 5.12. The molecule has 1 amide bonds. The van der Waals surface area contributed by atoms with Crippen LogP contribution in [0.3, 0.4) is 0 Å². The Morgan fingerprint density at radius 2 is 1.52 bits per heavy atom. The summed E-state index contributed by atoms with van der Waals surface area (Å²) in [4.78, 5) is 49.6. The molecule has 0 unspecified atom stereocenters. The quantitative estimate of drug-likeness (QED) is 0.517. The van der Waals surface area contributed by atoms with Gasteiger partial charge in [0, 0.05) is 27.9 Å². The number of carbonyl (C=O) groups excluding carboxylic acids is 4. The van der Waals surface area contributed by atoms with E-state index in [2.05, 4.69) is 5.32 Å². The molecule has 0 saturated carbocycles. The van der Waals surface area contributed by atoms with Crippen LogP contribution < -0.4 is 5.32 Å². The van der Waals surface area contributed by atoms with Crippen LogP contribution >= 0.6 is 0 Å². The number of esters is 1. The molecule has 0 atom stereocenters. The lowest BCUT2D eigenvalue weighted by Gasteiger charge is -2.18. The summed E-state index contributed by atoms with van der Waals surface area (Å²) in [6.45, 7) is -0.553. The van der Waals surface area contributed by atoms with Gasteiger partial charge in [0.05, 0.1) is 17.2 Å². The van der Waals surface area contributed by atoms with Crippen molar-refractivity contribution in [1.82, 2.24) is 0 Å². The first-order valence-electron chi connectivity index (χ1n) is 9.27. The zero-order valence-electron chi connectivity index (χ0n) is 16.0. The fourth-order valence-electron chi connectivity index (χ4n) is 3.30. The second kappa shape index (κ2) is 8.05. The van der Waals surface area contributed by atoms with Crippen LogP contribution in [0.5, 0.6) is 0 Å². The zero-order valence-corrected chi connectivity index (χ0v) is 16.0. The number of hydrogen-bond donors (Lipinski definition) is 1. The van der Waals surface area contributed by atoms with Crippen molar-refractivity contribution in [3.05, 3.63) is 100 Å². The minimum Gasteiger partial charge on any atom is -0.452 e. The number of nitrogens with one attached hydrogen (secondary N) is 1. The van der Waals surface area contributed by atoms with Crippen LogP contribution in [0.15, 0.2) is 66.7 Å². The lowest BCUT2D eigenvalue weighted by molar-refractivity contribution is -0.119. The number of benzene rings is 3. The van der Waals surface area contributed by atoms with Gasteiger partial charge in [-0.2, -0.15) is 5.26 Å². The molecule has 0 bridgehead atoms. The summed E-state index contributed by atoms with van der Waals surface area (Å²) in [5.41, 5.74) is 1.89. The van der Waals surface area contributed by atoms with Gasteiger partial charge in [-0.1, -0.05) is 30.3 Å². The minimum atomic E-state index is -0.741. The zero-order chi connectivity index (χ0) is 22.0. The molecule has 7 nitrogen and oxygen atoms in total. The van der Waals surface area contributed by atoms with Gasteiger partial charge >= 0.3 is 5.97 Å². The average molecular weight is 410 g/mol. The Morgan fingerprint density at radius 1 is 0.839 bits per heavy atom. The van der Waals surface area contributed by atoms with Crippen LogP contribution in [0.4, 0.5) is 5.69 Å². The van der Waals surface area contributed by atoms with Gasteiger partial charge in [0.2, 0.25) is 0 Å². The van der Waals surface area contributed by atoms with E-state index < -0.39 is 18.5 Å². The van der Waals surface area contributed by atoms with Gasteiger partial charge < -0.3 is 10.1 Å². The van der Waals surface area contributed by atoms with Gasteiger partial charge in [0.15, 0.2) is 18.2 Å². The molecule has 0 heterocycles. The highest BCUT2D eigenvalue weighted by molar-refractivity contribution is 6.28. The molecule has 1 N–H and O–H groups in total.